The zero-order valence-electron chi connectivity index (χ0n) is 12.4. The van der Waals surface area contributed by atoms with Crippen molar-refractivity contribution >= 4 is 0 Å². The largest absolute Gasteiger partial charge is 0.504 e. The van der Waals surface area contributed by atoms with Gasteiger partial charge in [-0.3, -0.25) is 0 Å². The molecule has 2 heteroatoms. The molecular weight excluding hydrogens is 236 g/mol. The molecule has 0 heterocycles. The van der Waals surface area contributed by atoms with Gasteiger partial charge in [0.2, 0.25) is 0 Å². The van der Waals surface area contributed by atoms with E-state index in [1.807, 2.05) is 19.1 Å². The molecule has 0 radical (unpaired) electrons. The second-order valence-electron chi connectivity index (χ2n) is 5.10. The third kappa shape index (κ3) is 5.64. The third-order valence-corrected chi connectivity index (χ3v) is 2.96. The SMILES string of the molecule is CC(C)=CCC/C(C)=C/COc1cccc(C)c1O. The van der Waals surface area contributed by atoms with Crippen LogP contribution in [0.15, 0.2) is 41.5 Å². The molecule has 104 valence electrons. The van der Waals surface area contributed by atoms with Crippen LogP contribution in [0.2, 0.25) is 0 Å². The van der Waals surface area contributed by atoms with E-state index in [-0.39, 0.29) is 5.75 Å². The minimum absolute atomic E-state index is 0.234. The molecule has 2 nitrogen and oxygen atoms in total. The van der Waals surface area contributed by atoms with E-state index in [0.29, 0.717) is 12.4 Å². The van der Waals surface area contributed by atoms with Gasteiger partial charge in [-0.05, 0) is 58.2 Å². The highest BCUT2D eigenvalue weighted by Crippen LogP contribution is 2.28. The van der Waals surface area contributed by atoms with Gasteiger partial charge in [0.1, 0.15) is 6.61 Å². The van der Waals surface area contributed by atoms with Gasteiger partial charge in [-0.25, -0.2) is 0 Å². The minimum atomic E-state index is 0.234. The number of phenols is 1. The van der Waals surface area contributed by atoms with Crippen molar-refractivity contribution in [3.8, 4) is 11.5 Å². The fourth-order valence-electron chi connectivity index (χ4n) is 1.71. The maximum atomic E-state index is 9.81. The van der Waals surface area contributed by atoms with Gasteiger partial charge < -0.3 is 9.84 Å². The molecule has 0 aliphatic carbocycles. The Morgan fingerprint density at radius 3 is 2.63 bits per heavy atom. The molecule has 19 heavy (non-hydrogen) atoms. The number of hydrogen-bond donors (Lipinski definition) is 1. The van der Waals surface area contributed by atoms with Gasteiger partial charge in [0.05, 0.1) is 0 Å². The van der Waals surface area contributed by atoms with Crippen molar-refractivity contribution in [1.82, 2.24) is 0 Å². The predicted octanol–water partition coefficient (Wildman–Crippen LogP) is 4.77. The van der Waals surface area contributed by atoms with E-state index in [1.165, 1.54) is 11.1 Å². The summed E-state index contributed by atoms with van der Waals surface area (Å²) in [5.74, 6) is 0.784. The standard InChI is InChI=1S/C17H24O2/c1-13(2)7-5-8-14(3)11-12-19-16-10-6-9-15(4)17(16)18/h6-7,9-11,18H,5,8,12H2,1-4H3/b14-11+. The van der Waals surface area contributed by atoms with Crippen molar-refractivity contribution in [2.24, 2.45) is 0 Å². The van der Waals surface area contributed by atoms with E-state index < -0.39 is 0 Å². The Hall–Kier alpha value is -1.70. The summed E-state index contributed by atoms with van der Waals surface area (Å²) in [6.45, 7) is 8.70. The smallest absolute Gasteiger partial charge is 0.161 e. The van der Waals surface area contributed by atoms with Gasteiger partial charge in [-0.2, -0.15) is 0 Å². The zero-order chi connectivity index (χ0) is 14.3. The van der Waals surface area contributed by atoms with Crippen molar-refractivity contribution in [1.29, 1.82) is 0 Å². The van der Waals surface area contributed by atoms with Crippen LogP contribution in [0.5, 0.6) is 11.5 Å². The van der Waals surface area contributed by atoms with Gasteiger partial charge in [-0.1, -0.05) is 29.4 Å². The van der Waals surface area contributed by atoms with Crippen molar-refractivity contribution < 1.29 is 9.84 Å². The molecule has 1 N–H and O–H groups in total. The summed E-state index contributed by atoms with van der Waals surface area (Å²) in [4.78, 5) is 0. The number of rotatable bonds is 6. The molecule has 0 saturated carbocycles. The van der Waals surface area contributed by atoms with Crippen LogP contribution in [0.1, 0.15) is 39.2 Å². The molecule has 1 aromatic rings. The van der Waals surface area contributed by atoms with E-state index in [0.717, 1.165) is 18.4 Å². The summed E-state index contributed by atoms with van der Waals surface area (Å²) in [6, 6.07) is 5.53. The fourth-order valence-corrected chi connectivity index (χ4v) is 1.71. The summed E-state index contributed by atoms with van der Waals surface area (Å²) >= 11 is 0. The Morgan fingerprint density at radius 1 is 1.21 bits per heavy atom. The summed E-state index contributed by atoms with van der Waals surface area (Å²) in [5.41, 5.74) is 3.50. The quantitative estimate of drug-likeness (QED) is 0.746. The number of ether oxygens (including phenoxy) is 1. The summed E-state index contributed by atoms with van der Waals surface area (Å²) in [5, 5.41) is 9.81. The van der Waals surface area contributed by atoms with Gasteiger partial charge in [0, 0.05) is 0 Å². The zero-order valence-corrected chi connectivity index (χ0v) is 12.4. The van der Waals surface area contributed by atoms with Crippen molar-refractivity contribution in [3.05, 3.63) is 47.1 Å². The van der Waals surface area contributed by atoms with Crippen molar-refractivity contribution in [2.45, 2.75) is 40.5 Å². The lowest BCUT2D eigenvalue weighted by atomic mass is 10.1. The molecule has 1 rings (SSSR count). The van der Waals surface area contributed by atoms with Gasteiger partial charge in [-0.15, -0.1) is 0 Å². The molecule has 0 fully saturated rings. The number of aryl methyl sites for hydroxylation is 1. The average Bonchev–Trinajstić information content (AvgIpc) is 2.34. The number of aromatic hydroxyl groups is 1. The molecule has 0 aliphatic heterocycles. The highest BCUT2D eigenvalue weighted by Gasteiger charge is 2.03. The summed E-state index contributed by atoms with van der Waals surface area (Å²) in [7, 11) is 0. The maximum absolute atomic E-state index is 9.81. The molecule has 0 atom stereocenters. The Balaban J connectivity index is 2.44. The van der Waals surface area contributed by atoms with Gasteiger partial charge in [0.25, 0.3) is 0 Å². The second-order valence-corrected chi connectivity index (χ2v) is 5.10. The van der Waals surface area contributed by atoms with Crippen LogP contribution in [0.25, 0.3) is 0 Å². The molecule has 0 aliphatic rings. The normalized spacial score (nSPS) is 11.3. The van der Waals surface area contributed by atoms with Crippen molar-refractivity contribution in [3.63, 3.8) is 0 Å². The van der Waals surface area contributed by atoms with E-state index in [4.69, 9.17) is 4.74 Å². The van der Waals surface area contributed by atoms with Gasteiger partial charge in [0.15, 0.2) is 11.5 Å². The van der Waals surface area contributed by atoms with Crippen LogP contribution in [-0.4, -0.2) is 11.7 Å². The Kier molecular flexibility index (Phi) is 6.20. The molecule has 0 bridgehead atoms. The lowest BCUT2D eigenvalue weighted by Crippen LogP contribution is -1.95. The van der Waals surface area contributed by atoms with Crippen LogP contribution in [0.4, 0.5) is 0 Å². The number of hydrogen-bond acceptors (Lipinski definition) is 2. The molecule has 0 amide bonds. The van der Waals surface area contributed by atoms with E-state index in [9.17, 15) is 5.11 Å². The first kappa shape index (κ1) is 15.4. The van der Waals surface area contributed by atoms with Crippen LogP contribution < -0.4 is 4.74 Å². The molecule has 0 spiro atoms. The Morgan fingerprint density at radius 2 is 1.95 bits per heavy atom. The third-order valence-electron chi connectivity index (χ3n) is 2.96. The predicted molar refractivity (Wildman–Crippen MR) is 80.8 cm³/mol. The molecular formula is C17H24O2. The number of para-hydroxylation sites is 1. The molecule has 0 unspecified atom stereocenters. The molecule has 1 aromatic carbocycles. The second kappa shape index (κ2) is 7.67. The number of phenolic OH excluding ortho intramolecular Hbond substituents is 1. The average molecular weight is 260 g/mol. The topological polar surface area (TPSA) is 29.5 Å². The van der Waals surface area contributed by atoms with Crippen LogP contribution in [0, 0.1) is 6.92 Å². The summed E-state index contributed by atoms with van der Waals surface area (Å²) in [6.07, 6.45) is 6.43. The molecule has 0 saturated heterocycles. The van der Waals surface area contributed by atoms with Gasteiger partial charge >= 0.3 is 0 Å². The number of allylic oxidation sites excluding steroid dienone is 3. The van der Waals surface area contributed by atoms with Crippen LogP contribution >= 0.6 is 0 Å². The monoisotopic (exact) mass is 260 g/mol. The van der Waals surface area contributed by atoms with E-state index in [1.54, 1.807) is 6.07 Å². The van der Waals surface area contributed by atoms with E-state index >= 15 is 0 Å². The summed E-state index contributed by atoms with van der Waals surface area (Å²) < 4.78 is 5.57. The highest BCUT2D eigenvalue weighted by molar-refractivity contribution is 5.44. The number of benzene rings is 1. The molecule has 0 aromatic heterocycles. The Bertz CT molecular complexity index is 466. The van der Waals surface area contributed by atoms with Crippen LogP contribution in [0.3, 0.4) is 0 Å². The van der Waals surface area contributed by atoms with E-state index in [2.05, 4.69) is 32.9 Å². The first-order valence-corrected chi connectivity index (χ1v) is 6.71. The first-order chi connectivity index (χ1) is 9.00. The fraction of sp³-hybridized carbons (Fsp3) is 0.412. The lowest BCUT2D eigenvalue weighted by molar-refractivity contribution is 0.334. The Labute approximate surface area is 116 Å². The highest BCUT2D eigenvalue weighted by atomic mass is 16.5. The van der Waals surface area contributed by atoms with Crippen molar-refractivity contribution in [2.75, 3.05) is 6.61 Å². The maximum Gasteiger partial charge on any atom is 0.161 e. The first-order valence-electron chi connectivity index (χ1n) is 6.71. The lowest BCUT2D eigenvalue weighted by Gasteiger charge is -2.08. The minimum Gasteiger partial charge on any atom is -0.504 e. The van der Waals surface area contributed by atoms with Crippen LogP contribution in [-0.2, 0) is 0 Å².